The van der Waals surface area contributed by atoms with Crippen molar-refractivity contribution in [1.29, 1.82) is 0 Å². The first-order valence-corrected chi connectivity index (χ1v) is 9.43. The normalized spacial score (nSPS) is 15.8. The number of nitrogens with one attached hydrogen (secondary N) is 2. The molecule has 5 nitrogen and oxygen atoms in total. The molecule has 0 bridgehead atoms. The van der Waals surface area contributed by atoms with Gasteiger partial charge in [-0.25, -0.2) is 0 Å². The van der Waals surface area contributed by atoms with Crippen molar-refractivity contribution >= 4 is 35.0 Å². The number of rotatable bonds is 7. The van der Waals surface area contributed by atoms with Crippen molar-refractivity contribution in [2.24, 2.45) is 5.92 Å². The van der Waals surface area contributed by atoms with Gasteiger partial charge in [-0.15, -0.1) is 0 Å². The summed E-state index contributed by atoms with van der Waals surface area (Å²) < 4.78 is 0. The molecule has 0 atom stereocenters. The van der Waals surface area contributed by atoms with Crippen LogP contribution in [0.5, 0.6) is 0 Å². The van der Waals surface area contributed by atoms with Gasteiger partial charge in [0.25, 0.3) is 5.91 Å². The Bertz CT molecular complexity index is 602. The number of hydrogen-bond acceptors (Lipinski definition) is 3. The third kappa shape index (κ3) is 6.84. The Morgan fingerprint density at radius 2 is 1.92 bits per heavy atom. The van der Waals surface area contributed by atoms with Crippen molar-refractivity contribution in [3.05, 3.63) is 33.8 Å². The molecule has 2 amide bonds. The first kappa shape index (κ1) is 20.0. The predicted molar refractivity (Wildman–Crippen MR) is 101 cm³/mol. The number of carbonyl (C=O) groups is 2. The van der Waals surface area contributed by atoms with Crippen LogP contribution in [0.4, 0.5) is 0 Å². The summed E-state index contributed by atoms with van der Waals surface area (Å²) in [4.78, 5) is 26.3. The van der Waals surface area contributed by atoms with E-state index in [2.05, 4.69) is 22.5 Å². The Balaban J connectivity index is 1.61. The zero-order valence-corrected chi connectivity index (χ0v) is 16.0. The topological polar surface area (TPSA) is 61.4 Å². The van der Waals surface area contributed by atoms with Gasteiger partial charge in [0.15, 0.2) is 0 Å². The molecule has 0 radical (unpaired) electrons. The van der Waals surface area contributed by atoms with Gasteiger partial charge in [0.05, 0.1) is 17.1 Å². The molecule has 0 unspecified atom stereocenters. The number of nitrogens with zero attached hydrogens (tertiary/aromatic N) is 1. The molecule has 2 rings (SSSR count). The van der Waals surface area contributed by atoms with E-state index in [4.69, 9.17) is 23.2 Å². The van der Waals surface area contributed by atoms with Crippen LogP contribution in [0, 0.1) is 5.92 Å². The first-order valence-electron chi connectivity index (χ1n) is 8.68. The molecular formula is C18H25Cl2N3O2. The Morgan fingerprint density at radius 1 is 1.20 bits per heavy atom. The van der Waals surface area contributed by atoms with Gasteiger partial charge in [0.1, 0.15) is 0 Å². The maximum absolute atomic E-state index is 12.0. The van der Waals surface area contributed by atoms with Crippen LogP contribution < -0.4 is 10.6 Å². The minimum Gasteiger partial charge on any atom is -0.355 e. The van der Waals surface area contributed by atoms with Crippen LogP contribution in [-0.4, -0.2) is 49.4 Å². The fraction of sp³-hybridized carbons (Fsp3) is 0.556. The molecule has 138 valence electrons. The number of benzene rings is 1. The minimum atomic E-state index is -0.390. The third-order valence-electron chi connectivity index (χ3n) is 4.43. The van der Waals surface area contributed by atoms with Crippen molar-refractivity contribution in [3.8, 4) is 0 Å². The van der Waals surface area contributed by atoms with Crippen LogP contribution in [0.1, 0.15) is 36.5 Å². The zero-order valence-electron chi connectivity index (χ0n) is 14.5. The third-order valence-corrected chi connectivity index (χ3v) is 4.98. The van der Waals surface area contributed by atoms with Gasteiger partial charge in [0.2, 0.25) is 5.91 Å². The summed E-state index contributed by atoms with van der Waals surface area (Å²) in [7, 11) is 0. The predicted octanol–water partition coefficient (Wildman–Crippen LogP) is 2.96. The number of carbonyl (C=O) groups excluding carboxylic acids is 2. The van der Waals surface area contributed by atoms with Crippen LogP contribution in [-0.2, 0) is 4.79 Å². The van der Waals surface area contributed by atoms with Crippen LogP contribution >= 0.6 is 23.2 Å². The van der Waals surface area contributed by atoms with E-state index in [0.717, 1.165) is 32.0 Å². The summed E-state index contributed by atoms with van der Waals surface area (Å²) in [5.74, 6) is 0.235. The highest BCUT2D eigenvalue weighted by Gasteiger charge is 2.15. The first-order chi connectivity index (χ1) is 12.0. The maximum Gasteiger partial charge on any atom is 0.253 e. The molecule has 1 aliphatic rings. The molecule has 7 heteroatoms. The van der Waals surface area contributed by atoms with E-state index in [1.54, 1.807) is 6.07 Å². The molecule has 0 aliphatic carbocycles. The Morgan fingerprint density at radius 3 is 2.60 bits per heavy atom. The lowest BCUT2D eigenvalue weighted by Gasteiger charge is -2.30. The van der Waals surface area contributed by atoms with Gasteiger partial charge in [-0.3, -0.25) is 9.59 Å². The number of hydrogen-bond donors (Lipinski definition) is 2. The van der Waals surface area contributed by atoms with E-state index >= 15 is 0 Å². The monoisotopic (exact) mass is 385 g/mol. The SMILES string of the molecule is CC1CCN(CCCNC(=O)CNC(=O)c2ccc(Cl)cc2Cl)CC1. The van der Waals surface area contributed by atoms with Crippen molar-refractivity contribution < 1.29 is 9.59 Å². The molecule has 1 heterocycles. The van der Waals surface area contributed by atoms with E-state index < -0.39 is 0 Å². The molecule has 0 spiro atoms. The van der Waals surface area contributed by atoms with Crippen LogP contribution in [0.25, 0.3) is 0 Å². The molecule has 0 aromatic heterocycles. The average Bonchev–Trinajstić information content (AvgIpc) is 2.58. The van der Waals surface area contributed by atoms with Crippen LogP contribution in [0.3, 0.4) is 0 Å². The Hall–Kier alpha value is -1.30. The molecule has 1 aliphatic heterocycles. The Labute approximate surface area is 159 Å². The van der Waals surface area contributed by atoms with E-state index in [0.29, 0.717) is 17.1 Å². The van der Waals surface area contributed by atoms with Crippen LogP contribution in [0.15, 0.2) is 18.2 Å². The van der Waals surface area contributed by atoms with Crippen LogP contribution in [0.2, 0.25) is 10.0 Å². The molecule has 25 heavy (non-hydrogen) atoms. The van der Waals surface area contributed by atoms with Gasteiger partial charge in [0, 0.05) is 11.6 Å². The lowest BCUT2D eigenvalue weighted by Crippen LogP contribution is -2.39. The van der Waals surface area contributed by atoms with Gasteiger partial charge < -0.3 is 15.5 Å². The van der Waals surface area contributed by atoms with Gasteiger partial charge in [-0.1, -0.05) is 30.1 Å². The van der Waals surface area contributed by atoms with Crippen molar-refractivity contribution in [2.75, 3.05) is 32.7 Å². The van der Waals surface area contributed by atoms with E-state index in [-0.39, 0.29) is 23.4 Å². The minimum absolute atomic E-state index is 0.0704. The highest BCUT2D eigenvalue weighted by molar-refractivity contribution is 6.36. The number of piperidine rings is 1. The molecule has 1 fully saturated rings. The van der Waals surface area contributed by atoms with Crippen molar-refractivity contribution in [3.63, 3.8) is 0 Å². The highest BCUT2D eigenvalue weighted by atomic mass is 35.5. The lowest BCUT2D eigenvalue weighted by atomic mass is 9.99. The van der Waals surface area contributed by atoms with Crippen molar-refractivity contribution in [1.82, 2.24) is 15.5 Å². The van der Waals surface area contributed by atoms with Gasteiger partial charge in [-0.05, 0) is 63.0 Å². The second-order valence-electron chi connectivity index (χ2n) is 6.53. The zero-order chi connectivity index (χ0) is 18.2. The molecule has 2 N–H and O–H groups in total. The summed E-state index contributed by atoms with van der Waals surface area (Å²) in [5.41, 5.74) is 0.304. The molecule has 1 saturated heterocycles. The number of likely N-dealkylation sites (tertiary alicyclic amines) is 1. The fourth-order valence-corrected chi connectivity index (χ4v) is 3.30. The quantitative estimate of drug-likeness (QED) is 0.709. The van der Waals surface area contributed by atoms with Gasteiger partial charge in [-0.2, -0.15) is 0 Å². The molecule has 0 saturated carbocycles. The molecule has 1 aromatic carbocycles. The summed E-state index contributed by atoms with van der Waals surface area (Å²) >= 11 is 11.8. The summed E-state index contributed by atoms with van der Waals surface area (Å²) in [6, 6.07) is 4.63. The maximum atomic E-state index is 12.0. The van der Waals surface area contributed by atoms with E-state index in [1.165, 1.54) is 25.0 Å². The number of amides is 2. The average molecular weight is 386 g/mol. The van der Waals surface area contributed by atoms with E-state index in [1.807, 2.05) is 0 Å². The number of halogens is 2. The second kappa shape index (κ2) is 10.00. The fourth-order valence-electron chi connectivity index (χ4n) is 2.81. The molecular weight excluding hydrogens is 361 g/mol. The summed E-state index contributed by atoms with van der Waals surface area (Å²) in [6.07, 6.45) is 3.42. The highest BCUT2D eigenvalue weighted by Crippen LogP contribution is 2.20. The smallest absolute Gasteiger partial charge is 0.253 e. The second-order valence-corrected chi connectivity index (χ2v) is 7.38. The largest absolute Gasteiger partial charge is 0.355 e. The standard InChI is InChI=1S/C18H25Cl2N3O2/c1-13-5-9-23(10-6-13)8-2-7-21-17(24)12-22-18(25)15-4-3-14(19)11-16(15)20/h3-4,11,13H,2,5-10,12H2,1H3,(H,21,24)(H,22,25). The summed E-state index contributed by atoms with van der Waals surface area (Å²) in [5, 5.41) is 6.12. The molecule has 1 aromatic rings. The van der Waals surface area contributed by atoms with Crippen molar-refractivity contribution in [2.45, 2.75) is 26.2 Å². The lowest BCUT2D eigenvalue weighted by molar-refractivity contribution is -0.120. The Kier molecular flexibility index (Phi) is 8.00. The van der Waals surface area contributed by atoms with Gasteiger partial charge >= 0.3 is 0 Å². The summed E-state index contributed by atoms with van der Waals surface area (Å²) in [6.45, 7) is 6.13. The van der Waals surface area contributed by atoms with E-state index in [9.17, 15) is 9.59 Å².